The fourth-order valence-corrected chi connectivity index (χ4v) is 4.64. The second-order valence-electron chi connectivity index (χ2n) is 6.39. The fraction of sp³-hybridized carbons (Fsp3) is 0.500. The molecular formula is C16H19NOS2. The molecule has 0 unspecified atom stereocenters. The Labute approximate surface area is 127 Å². The SMILES string of the molecule is CC(C)(C)c1csc(CC(=O)c2cc3c(s2)CCC3)n1. The van der Waals surface area contributed by atoms with Crippen molar-refractivity contribution in [2.75, 3.05) is 0 Å². The van der Waals surface area contributed by atoms with E-state index in [2.05, 4.69) is 37.2 Å². The lowest BCUT2D eigenvalue weighted by atomic mass is 9.93. The fourth-order valence-electron chi connectivity index (χ4n) is 2.43. The minimum absolute atomic E-state index is 0.0574. The predicted octanol–water partition coefficient (Wildman–Crippen LogP) is 4.42. The summed E-state index contributed by atoms with van der Waals surface area (Å²) in [5, 5.41) is 3.02. The van der Waals surface area contributed by atoms with Crippen molar-refractivity contribution in [1.82, 2.24) is 4.98 Å². The first kappa shape index (κ1) is 14.0. The number of carbonyl (C=O) groups excluding carboxylic acids is 1. The van der Waals surface area contributed by atoms with Gasteiger partial charge in [0, 0.05) is 15.7 Å². The van der Waals surface area contributed by atoms with E-state index in [0.717, 1.165) is 28.4 Å². The summed E-state index contributed by atoms with van der Waals surface area (Å²) in [5.41, 5.74) is 2.54. The minimum Gasteiger partial charge on any atom is -0.293 e. The van der Waals surface area contributed by atoms with Gasteiger partial charge in [-0.1, -0.05) is 20.8 Å². The molecule has 0 amide bonds. The van der Waals surface area contributed by atoms with Gasteiger partial charge in [-0.2, -0.15) is 0 Å². The Kier molecular flexibility index (Phi) is 3.55. The van der Waals surface area contributed by atoms with Crippen LogP contribution in [0.15, 0.2) is 11.4 Å². The average Bonchev–Trinajstić information content (AvgIpc) is 3.00. The number of ketones is 1. The number of thiophene rings is 1. The van der Waals surface area contributed by atoms with Gasteiger partial charge in [-0.25, -0.2) is 4.98 Å². The lowest BCUT2D eigenvalue weighted by Gasteiger charge is -2.14. The molecular weight excluding hydrogens is 286 g/mol. The van der Waals surface area contributed by atoms with Crippen LogP contribution < -0.4 is 0 Å². The summed E-state index contributed by atoms with van der Waals surface area (Å²) >= 11 is 3.29. The Morgan fingerprint density at radius 3 is 2.80 bits per heavy atom. The van der Waals surface area contributed by atoms with Crippen LogP contribution in [0.3, 0.4) is 0 Å². The van der Waals surface area contributed by atoms with Crippen LogP contribution in [0, 0.1) is 0 Å². The van der Waals surface area contributed by atoms with Gasteiger partial charge >= 0.3 is 0 Å². The normalized spacial score (nSPS) is 14.6. The van der Waals surface area contributed by atoms with Gasteiger partial charge < -0.3 is 0 Å². The molecule has 1 aliphatic carbocycles. The molecule has 0 atom stereocenters. The molecule has 1 aliphatic rings. The molecule has 20 heavy (non-hydrogen) atoms. The van der Waals surface area contributed by atoms with E-state index in [4.69, 9.17) is 0 Å². The topological polar surface area (TPSA) is 30.0 Å². The largest absolute Gasteiger partial charge is 0.293 e. The van der Waals surface area contributed by atoms with E-state index in [1.807, 2.05) is 0 Å². The maximum absolute atomic E-state index is 12.4. The van der Waals surface area contributed by atoms with Crippen molar-refractivity contribution in [3.05, 3.63) is 37.5 Å². The van der Waals surface area contributed by atoms with Crippen molar-refractivity contribution in [2.45, 2.75) is 51.9 Å². The first-order valence-electron chi connectivity index (χ1n) is 7.03. The van der Waals surface area contributed by atoms with Gasteiger partial charge in [0.1, 0.15) is 5.01 Å². The second kappa shape index (κ2) is 5.08. The molecule has 0 spiro atoms. The Bertz CT molecular complexity index is 624. The van der Waals surface area contributed by atoms with Crippen molar-refractivity contribution in [3.8, 4) is 0 Å². The van der Waals surface area contributed by atoms with Crippen LogP contribution in [0.4, 0.5) is 0 Å². The molecule has 0 fully saturated rings. The molecule has 2 aromatic heterocycles. The third-order valence-electron chi connectivity index (χ3n) is 3.65. The first-order valence-corrected chi connectivity index (χ1v) is 8.73. The van der Waals surface area contributed by atoms with E-state index in [9.17, 15) is 4.79 Å². The zero-order chi connectivity index (χ0) is 14.3. The lowest BCUT2D eigenvalue weighted by molar-refractivity contribution is 0.0996. The molecule has 2 nitrogen and oxygen atoms in total. The molecule has 106 valence electrons. The highest BCUT2D eigenvalue weighted by molar-refractivity contribution is 7.14. The van der Waals surface area contributed by atoms with Crippen LogP contribution in [-0.2, 0) is 24.7 Å². The standard InChI is InChI=1S/C16H19NOS2/c1-16(2,3)14-9-19-15(17-14)8-11(18)13-7-10-5-4-6-12(10)20-13/h7,9H,4-6,8H2,1-3H3. The highest BCUT2D eigenvalue weighted by Gasteiger charge is 2.21. The van der Waals surface area contributed by atoms with E-state index >= 15 is 0 Å². The lowest BCUT2D eigenvalue weighted by Crippen LogP contribution is -2.12. The number of rotatable bonds is 3. The van der Waals surface area contributed by atoms with E-state index in [-0.39, 0.29) is 11.2 Å². The van der Waals surface area contributed by atoms with Crippen LogP contribution in [-0.4, -0.2) is 10.8 Å². The average molecular weight is 305 g/mol. The van der Waals surface area contributed by atoms with Gasteiger partial charge in [0.2, 0.25) is 0 Å². The van der Waals surface area contributed by atoms with Gasteiger partial charge in [-0.15, -0.1) is 22.7 Å². The van der Waals surface area contributed by atoms with Crippen molar-refractivity contribution in [3.63, 3.8) is 0 Å². The van der Waals surface area contributed by atoms with Crippen LogP contribution >= 0.6 is 22.7 Å². The Morgan fingerprint density at radius 1 is 1.35 bits per heavy atom. The van der Waals surface area contributed by atoms with E-state index < -0.39 is 0 Å². The molecule has 2 aromatic rings. The summed E-state index contributed by atoms with van der Waals surface area (Å²) in [7, 11) is 0. The quantitative estimate of drug-likeness (QED) is 0.786. The van der Waals surface area contributed by atoms with E-state index in [1.54, 1.807) is 22.7 Å². The molecule has 0 saturated heterocycles. The summed E-state index contributed by atoms with van der Waals surface area (Å²) < 4.78 is 0. The summed E-state index contributed by atoms with van der Waals surface area (Å²) in [6.07, 6.45) is 3.99. The molecule has 0 bridgehead atoms. The second-order valence-corrected chi connectivity index (χ2v) is 8.47. The zero-order valence-electron chi connectivity index (χ0n) is 12.2. The molecule has 0 aromatic carbocycles. The van der Waals surface area contributed by atoms with Crippen LogP contribution in [0.2, 0.25) is 0 Å². The molecule has 0 aliphatic heterocycles. The van der Waals surface area contributed by atoms with Gasteiger partial charge in [0.25, 0.3) is 0 Å². The summed E-state index contributed by atoms with van der Waals surface area (Å²) in [6.45, 7) is 6.45. The number of aromatic nitrogens is 1. The highest BCUT2D eigenvalue weighted by atomic mass is 32.1. The van der Waals surface area contributed by atoms with Crippen molar-refractivity contribution >= 4 is 28.5 Å². The number of Topliss-reactive ketones (excluding diaryl/α,β-unsaturated/α-hetero) is 1. The van der Waals surface area contributed by atoms with E-state index in [1.165, 1.54) is 16.9 Å². The Morgan fingerprint density at radius 2 is 2.15 bits per heavy atom. The third-order valence-corrected chi connectivity index (χ3v) is 5.78. The molecule has 4 heteroatoms. The summed E-state index contributed by atoms with van der Waals surface area (Å²) in [5.74, 6) is 0.221. The molecule has 0 radical (unpaired) electrons. The summed E-state index contributed by atoms with van der Waals surface area (Å²) in [4.78, 5) is 19.3. The van der Waals surface area contributed by atoms with Gasteiger partial charge in [-0.3, -0.25) is 4.79 Å². The maximum Gasteiger partial charge on any atom is 0.179 e. The van der Waals surface area contributed by atoms with Crippen LogP contribution in [0.1, 0.15) is 58.0 Å². The van der Waals surface area contributed by atoms with Crippen molar-refractivity contribution in [1.29, 1.82) is 0 Å². The smallest absolute Gasteiger partial charge is 0.179 e. The molecule has 0 N–H and O–H groups in total. The Hall–Kier alpha value is -1.00. The predicted molar refractivity (Wildman–Crippen MR) is 85.2 cm³/mol. The molecule has 0 saturated carbocycles. The van der Waals surface area contributed by atoms with Gasteiger partial charge in [0.15, 0.2) is 5.78 Å². The minimum atomic E-state index is 0.0574. The van der Waals surface area contributed by atoms with Crippen LogP contribution in [0.25, 0.3) is 0 Å². The van der Waals surface area contributed by atoms with Crippen molar-refractivity contribution < 1.29 is 4.79 Å². The molecule has 3 rings (SSSR count). The number of fused-ring (bicyclic) bond motifs is 1. The number of aryl methyl sites for hydroxylation is 2. The Balaban J connectivity index is 1.74. The third kappa shape index (κ3) is 2.72. The number of carbonyl (C=O) groups is 1. The van der Waals surface area contributed by atoms with Crippen molar-refractivity contribution in [2.24, 2.45) is 0 Å². The van der Waals surface area contributed by atoms with Crippen LogP contribution in [0.5, 0.6) is 0 Å². The van der Waals surface area contributed by atoms with Gasteiger partial charge in [-0.05, 0) is 30.9 Å². The number of hydrogen-bond acceptors (Lipinski definition) is 4. The monoisotopic (exact) mass is 305 g/mol. The molecule has 2 heterocycles. The zero-order valence-corrected chi connectivity index (χ0v) is 13.8. The number of nitrogens with zero attached hydrogens (tertiary/aromatic N) is 1. The first-order chi connectivity index (χ1) is 9.43. The highest BCUT2D eigenvalue weighted by Crippen LogP contribution is 2.31. The maximum atomic E-state index is 12.4. The van der Waals surface area contributed by atoms with Gasteiger partial charge in [0.05, 0.1) is 17.0 Å². The summed E-state index contributed by atoms with van der Waals surface area (Å²) in [6, 6.07) is 2.10. The van der Waals surface area contributed by atoms with E-state index in [0.29, 0.717) is 6.42 Å². The number of hydrogen-bond donors (Lipinski definition) is 0. The number of thiazole rings is 1.